The normalized spacial score (nSPS) is 15.1. The third-order valence-electron chi connectivity index (χ3n) is 2.73. The lowest BCUT2D eigenvalue weighted by Crippen LogP contribution is -2.38. The number of nitrogens with zero attached hydrogens (tertiary/aromatic N) is 1. The molecule has 1 amide bonds. The Kier molecular flexibility index (Phi) is 1.50. The van der Waals surface area contributed by atoms with Crippen molar-refractivity contribution >= 4 is 22.9 Å². The summed E-state index contributed by atoms with van der Waals surface area (Å²) in [5.41, 5.74) is 8.33. The van der Waals surface area contributed by atoms with Crippen LogP contribution in [0.1, 0.15) is 10.4 Å². The van der Waals surface area contributed by atoms with Crippen LogP contribution >= 0.6 is 0 Å². The zero-order chi connectivity index (χ0) is 10.4. The summed E-state index contributed by atoms with van der Waals surface area (Å²) in [4.78, 5) is 14.8. The van der Waals surface area contributed by atoms with Gasteiger partial charge in [-0.1, -0.05) is 6.07 Å². The lowest BCUT2D eigenvalue weighted by atomic mass is 10.2. The van der Waals surface area contributed by atoms with Crippen molar-refractivity contribution in [1.82, 2.24) is 10.3 Å². The number of H-pyrrole nitrogens is 1. The van der Waals surface area contributed by atoms with Crippen LogP contribution < -0.4 is 15.6 Å². The molecule has 1 aliphatic heterocycles. The number of benzene rings is 1. The molecule has 0 atom stereocenters. The minimum Gasteiger partial charge on any atom is -0.349 e. The fourth-order valence-corrected chi connectivity index (χ4v) is 2.05. The zero-order valence-electron chi connectivity index (χ0n) is 8.08. The van der Waals surface area contributed by atoms with E-state index in [1.54, 1.807) is 0 Å². The highest BCUT2D eigenvalue weighted by Gasteiger charge is 2.23. The molecule has 0 radical (unpaired) electrons. The Morgan fingerprint density at radius 2 is 2.27 bits per heavy atom. The monoisotopic (exact) mass is 203 g/mol. The van der Waals surface area contributed by atoms with Gasteiger partial charge in [-0.25, -0.2) is 9.55 Å². The van der Waals surface area contributed by atoms with Gasteiger partial charge < -0.3 is 5.32 Å². The summed E-state index contributed by atoms with van der Waals surface area (Å²) in [6, 6.07) is 5.58. The van der Waals surface area contributed by atoms with Gasteiger partial charge in [0.15, 0.2) is 5.52 Å². The third-order valence-corrected chi connectivity index (χ3v) is 2.73. The van der Waals surface area contributed by atoms with Crippen molar-refractivity contribution in [3.63, 3.8) is 0 Å². The fraction of sp³-hybridized carbons (Fsp3) is 0.200. The van der Waals surface area contributed by atoms with E-state index in [2.05, 4.69) is 10.3 Å². The summed E-state index contributed by atoms with van der Waals surface area (Å²) in [7, 11) is 0. The summed E-state index contributed by atoms with van der Waals surface area (Å²) in [5, 5.41) is 2.84. The minimum absolute atomic E-state index is 0.0362. The molecule has 5 nitrogen and oxygen atoms in total. The molecule has 0 aliphatic carbocycles. The van der Waals surface area contributed by atoms with Crippen LogP contribution in [-0.2, 0) is 6.54 Å². The number of hydrogen-bond acceptors (Lipinski definition) is 2. The maximum absolute atomic E-state index is 11.7. The van der Waals surface area contributed by atoms with Crippen molar-refractivity contribution in [3.05, 3.63) is 23.8 Å². The van der Waals surface area contributed by atoms with Crippen molar-refractivity contribution in [3.8, 4) is 0 Å². The van der Waals surface area contributed by atoms with Gasteiger partial charge in [-0.3, -0.25) is 10.5 Å². The molecule has 2 aromatic rings. The highest BCUT2D eigenvalue weighted by atomic mass is 16.1. The molecule has 2 heterocycles. The molecule has 76 valence electrons. The van der Waals surface area contributed by atoms with Gasteiger partial charge in [0.05, 0.1) is 12.1 Å². The van der Waals surface area contributed by atoms with Gasteiger partial charge >= 0.3 is 5.95 Å². The lowest BCUT2D eigenvalue weighted by molar-refractivity contribution is -0.653. The van der Waals surface area contributed by atoms with E-state index in [1.807, 2.05) is 22.8 Å². The summed E-state index contributed by atoms with van der Waals surface area (Å²) in [6.45, 7) is 1.31. The van der Waals surface area contributed by atoms with Crippen LogP contribution in [0.5, 0.6) is 0 Å². The van der Waals surface area contributed by atoms with Gasteiger partial charge in [0.2, 0.25) is 0 Å². The molecule has 0 spiro atoms. The Bertz CT molecular complexity index is 558. The van der Waals surface area contributed by atoms with Crippen LogP contribution in [0.3, 0.4) is 0 Å². The molecule has 0 saturated heterocycles. The van der Waals surface area contributed by atoms with Gasteiger partial charge in [-0.2, -0.15) is 0 Å². The Balaban J connectivity index is 2.47. The molecule has 1 aromatic heterocycles. The van der Waals surface area contributed by atoms with Gasteiger partial charge in [-0.05, 0) is 12.1 Å². The number of nitrogen functional groups attached to an aromatic ring is 1. The number of nitrogens with two attached hydrogens (primary N) is 1. The van der Waals surface area contributed by atoms with Crippen LogP contribution in [0, 0.1) is 0 Å². The van der Waals surface area contributed by atoms with Crippen LogP contribution in [0.2, 0.25) is 0 Å². The predicted molar refractivity (Wildman–Crippen MR) is 55.2 cm³/mol. The van der Waals surface area contributed by atoms with Gasteiger partial charge in [0, 0.05) is 6.54 Å². The number of anilines is 1. The van der Waals surface area contributed by atoms with Crippen molar-refractivity contribution in [2.24, 2.45) is 0 Å². The number of aromatic nitrogens is 2. The quantitative estimate of drug-likeness (QED) is 0.518. The molecule has 4 N–H and O–H groups in total. The topological polar surface area (TPSA) is 74.8 Å². The van der Waals surface area contributed by atoms with Crippen LogP contribution in [0.15, 0.2) is 18.2 Å². The first-order valence-corrected chi connectivity index (χ1v) is 4.85. The smallest absolute Gasteiger partial charge is 0.349 e. The maximum atomic E-state index is 11.7. The number of rotatable bonds is 0. The number of hydrogen-bond donors (Lipinski definition) is 3. The average Bonchev–Trinajstić information content (AvgIpc) is 2.43. The minimum atomic E-state index is -0.0362. The third kappa shape index (κ3) is 1.03. The molecule has 15 heavy (non-hydrogen) atoms. The Morgan fingerprint density at radius 1 is 1.40 bits per heavy atom. The highest BCUT2D eigenvalue weighted by Crippen LogP contribution is 2.17. The standard InChI is InChI=1S/C10H10N4O/c11-10-13-7-3-1-2-6-8(7)14(10)5-4-12-9(6)15/h1-3H,4-5H2,(H3,11,12,13,15)/p+1. The first kappa shape index (κ1) is 8.28. The van der Waals surface area contributed by atoms with E-state index in [1.165, 1.54) is 0 Å². The largest absolute Gasteiger partial charge is 0.353 e. The number of imidazole rings is 1. The number of carbonyl (C=O) groups is 1. The Morgan fingerprint density at radius 3 is 3.13 bits per heavy atom. The van der Waals surface area contributed by atoms with Crippen LogP contribution in [-0.4, -0.2) is 17.4 Å². The Labute approximate surface area is 85.9 Å². The maximum Gasteiger partial charge on any atom is 0.353 e. The lowest BCUT2D eigenvalue weighted by Gasteiger charge is -1.97. The van der Waals surface area contributed by atoms with E-state index >= 15 is 0 Å². The zero-order valence-corrected chi connectivity index (χ0v) is 8.08. The molecule has 1 aliphatic rings. The van der Waals surface area contributed by atoms with Crippen molar-refractivity contribution in [1.29, 1.82) is 0 Å². The molecule has 0 saturated carbocycles. The number of aromatic amines is 1. The second-order valence-electron chi connectivity index (χ2n) is 3.62. The van der Waals surface area contributed by atoms with E-state index in [0.29, 0.717) is 24.6 Å². The number of para-hydroxylation sites is 1. The van der Waals surface area contributed by atoms with Crippen molar-refractivity contribution < 1.29 is 9.36 Å². The number of carbonyl (C=O) groups excluding carboxylic acids is 1. The SMILES string of the molecule is Nc1[nH]c2cccc3c2[n+]1CCNC3=O. The van der Waals surface area contributed by atoms with Crippen LogP contribution in [0.25, 0.3) is 11.0 Å². The second-order valence-corrected chi connectivity index (χ2v) is 3.62. The van der Waals surface area contributed by atoms with Crippen LogP contribution in [0.4, 0.5) is 5.95 Å². The van der Waals surface area contributed by atoms with Gasteiger partial charge in [-0.15, -0.1) is 0 Å². The summed E-state index contributed by atoms with van der Waals surface area (Å²) >= 11 is 0. The van der Waals surface area contributed by atoms with Gasteiger partial charge in [0.25, 0.3) is 5.91 Å². The van der Waals surface area contributed by atoms with E-state index in [-0.39, 0.29) is 5.91 Å². The van der Waals surface area contributed by atoms with Crippen molar-refractivity contribution in [2.45, 2.75) is 6.54 Å². The molecule has 5 heteroatoms. The Hall–Kier alpha value is -2.04. The average molecular weight is 203 g/mol. The van der Waals surface area contributed by atoms with E-state index in [9.17, 15) is 4.79 Å². The van der Waals surface area contributed by atoms with E-state index in [0.717, 1.165) is 11.0 Å². The molecule has 3 rings (SSSR count). The van der Waals surface area contributed by atoms with E-state index < -0.39 is 0 Å². The molecule has 0 bridgehead atoms. The van der Waals surface area contributed by atoms with Gasteiger partial charge in [0.1, 0.15) is 5.52 Å². The summed E-state index contributed by atoms with van der Waals surface area (Å²) in [6.07, 6.45) is 0. The summed E-state index contributed by atoms with van der Waals surface area (Å²) in [5.74, 6) is 0.555. The fourth-order valence-electron chi connectivity index (χ4n) is 2.05. The first-order chi connectivity index (χ1) is 7.27. The summed E-state index contributed by atoms with van der Waals surface area (Å²) < 4.78 is 1.93. The first-order valence-electron chi connectivity index (χ1n) is 4.85. The molecular weight excluding hydrogens is 192 g/mol. The predicted octanol–water partition coefficient (Wildman–Crippen LogP) is -0.219. The molecule has 1 aromatic carbocycles. The van der Waals surface area contributed by atoms with Crippen molar-refractivity contribution in [2.75, 3.05) is 12.3 Å². The second kappa shape index (κ2) is 2.73. The number of nitrogens with one attached hydrogen (secondary N) is 2. The van der Waals surface area contributed by atoms with E-state index in [4.69, 9.17) is 5.73 Å². The molecular formula is C10H11N4O+. The molecule has 0 unspecified atom stereocenters. The molecule has 0 fully saturated rings. The number of amides is 1. The highest BCUT2D eigenvalue weighted by molar-refractivity contribution is 6.04.